The molecule has 0 fully saturated rings. The lowest BCUT2D eigenvalue weighted by atomic mass is 10.0. The maximum absolute atomic E-state index is 11.9. The van der Waals surface area contributed by atoms with Crippen LogP contribution in [0.5, 0.6) is 0 Å². The summed E-state index contributed by atoms with van der Waals surface area (Å²) in [5.41, 5.74) is -1.54. The summed E-state index contributed by atoms with van der Waals surface area (Å²) in [7, 11) is 3.18. The normalized spacial score (nSPS) is 13.2. The molecule has 0 aliphatic heterocycles. The van der Waals surface area contributed by atoms with Crippen LogP contribution in [0.4, 0.5) is 4.79 Å². The van der Waals surface area contributed by atoms with Crippen LogP contribution in [0.2, 0.25) is 0 Å². The van der Waals surface area contributed by atoms with Crippen LogP contribution in [0, 0.1) is 0 Å². The molecule has 0 aromatic carbocycles. The number of carbonyl (C=O) groups is 3. The molecule has 0 aliphatic carbocycles. The first-order chi connectivity index (χ1) is 9.09. The Balaban J connectivity index is 4.42. The van der Waals surface area contributed by atoms with Crippen LogP contribution in [0.1, 0.15) is 20.3 Å². The van der Waals surface area contributed by atoms with E-state index >= 15 is 0 Å². The molecule has 0 aromatic heterocycles. The highest BCUT2D eigenvalue weighted by molar-refractivity contribution is 5.83. The van der Waals surface area contributed by atoms with Crippen molar-refractivity contribution in [3.63, 3.8) is 0 Å². The third kappa shape index (κ3) is 6.93. The van der Waals surface area contributed by atoms with Gasteiger partial charge in [-0.15, -0.1) is 0 Å². The molecule has 20 heavy (non-hydrogen) atoms. The zero-order valence-corrected chi connectivity index (χ0v) is 12.3. The summed E-state index contributed by atoms with van der Waals surface area (Å²) in [6, 6.07) is -0.520. The number of nitrogens with one attached hydrogen (secondary N) is 1. The van der Waals surface area contributed by atoms with Crippen molar-refractivity contribution in [2.45, 2.75) is 25.9 Å². The minimum atomic E-state index is -1.54. The number of likely N-dealkylation sites (N-methyl/N-ethyl adjacent to an activating group) is 2. The van der Waals surface area contributed by atoms with Crippen molar-refractivity contribution in [3.05, 3.63) is 0 Å². The van der Waals surface area contributed by atoms with Gasteiger partial charge in [0.2, 0.25) is 5.91 Å². The summed E-state index contributed by atoms with van der Waals surface area (Å²) < 4.78 is 0. The molecule has 1 unspecified atom stereocenters. The van der Waals surface area contributed by atoms with Gasteiger partial charge >= 0.3 is 12.0 Å². The van der Waals surface area contributed by atoms with Crippen molar-refractivity contribution in [1.82, 2.24) is 15.1 Å². The molecule has 0 saturated heterocycles. The molecule has 0 bridgehead atoms. The van der Waals surface area contributed by atoms with Crippen molar-refractivity contribution >= 4 is 17.9 Å². The number of rotatable bonds is 7. The molecular weight excluding hydrogens is 266 g/mol. The van der Waals surface area contributed by atoms with Gasteiger partial charge in [-0.3, -0.25) is 9.59 Å². The fourth-order valence-corrected chi connectivity index (χ4v) is 1.40. The molecular formula is C12H23N3O5. The monoisotopic (exact) mass is 289 g/mol. The topological polar surface area (TPSA) is 110 Å². The minimum absolute atomic E-state index is 0.0730. The molecule has 0 spiro atoms. The number of aliphatic carboxylic acids is 1. The van der Waals surface area contributed by atoms with Crippen LogP contribution in [-0.2, 0) is 9.59 Å². The lowest BCUT2D eigenvalue weighted by Crippen LogP contribution is -2.49. The lowest BCUT2D eigenvalue weighted by molar-refractivity contribution is -0.141. The van der Waals surface area contributed by atoms with Gasteiger partial charge in [0.25, 0.3) is 0 Å². The minimum Gasteiger partial charge on any atom is -0.481 e. The van der Waals surface area contributed by atoms with Gasteiger partial charge in [0.15, 0.2) is 0 Å². The second kappa shape index (κ2) is 7.68. The van der Waals surface area contributed by atoms with Crippen molar-refractivity contribution < 1.29 is 24.6 Å². The first-order valence-corrected chi connectivity index (χ1v) is 6.26. The second-order valence-electron chi connectivity index (χ2n) is 5.03. The zero-order chi connectivity index (χ0) is 15.9. The van der Waals surface area contributed by atoms with E-state index in [9.17, 15) is 19.5 Å². The Morgan fingerprint density at radius 2 is 1.80 bits per heavy atom. The third-order valence-corrected chi connectivity index (χ3v) is 2.65. The second-order valence-corrected chi connectivity index (χ2v) is 5.03. The van der Waals surface area contributed by atoms with E-state index in [0.717, 1.165) is 0 Å². The molecule has 0 aromatic rings. The fourth-order valence-electron chi connectivity index (χ4n) is 1.40. The van der Waals surface area contributed by atoms with Gasteiger partial charge in [0, 0.05) is 27.2 Å². The van der Waals surface area contributed by atoms with Crippen LogP contribution < -0.4 is 5.32 Å². The molecule has 1 atom stereocenters. The summed E-state index contributed by atoms with van der Waals surface area (Å²) in [6.45, 7) is 3.09. The van der Waals surface area contributed by atoms with E-state index in [1.807, 2.05) is 0 Å². The maximum Gasteiger partial charge on any atom is 0.317 e. The number of carbonyl (C=O) groups excluding carboxylic acids is 2. The van der Waals surface area contributed by atoms with Gasteiger partial charge in [-0.05, 0) is 13.8 Å². The molecule has 0 aliphatic rings. The smallest absolute Gasteiger partial charge is 0.317 e. The summed E-state index contributed by atoms with van der Waals surface area (Å²) >= 11 is 0. The number of hydrogen-bond acceptors (Lipinski definition) is 4. The maximum atomic E-state index is 11.9. The molecule has 3 N–H and O–H groups in total. The number of nitrogens with zero attached hydrogens (tertiary/aromatic N) is 2. The highest BCUT2D eigenvalue weighted by atomic mass is 16.4. The highest BCUT2D eigenvalue weighted by Crippen LogP contribution is 2.07. The average molecular weight is 289 g/mol. The molecule has 8 heteroatoms. The van der Waals surface area contributed by atoms with Crippen LogP contribution in [0.25, 0.3) is 0 Å². The Hall–Kier alpha value is -1.83. The lowest BCUT2D eigenvalue weighted by Gasteiger charge is -2.26. The molecule has 3 amide bonds. The summed E-state index contributed by atoms with van der Waals surface area (Å²) in [6.07, 6.45) is -0.476. The molecule has 0 radical (unpaired) electrons. The first kappa shape index (κ1) is 18.2. The van der Waals surface area contributed by atoms with Crippen LogP contribution in [0.3, 0.4) is 0 Å². The predicted octanol–water partition coefficient (Wildman–Crippen LogP) is -0.668. The van der Waals surface area contributed by atoms with Crippen LogP contribution in [0.15, 0.2) is 0 Å². The Labute approximate surface area is 118 Å². The van der Waals surface area contributed by atoms with E-state index in [1.165, 1.54) is 16.7 Å². The van der Waals surface area contributed by atoms with E-state index in [1.54, 1.807) is 21.0 Å². The van der Waals surface area contributed by atoms with Gasteiger partial charge in [0.1, 0.15) is 6.54 Å². The Morgan fingerprint density at radius 1 is 1.25 bits per heavy atom. The van der Waals surface area contributed by atoms with Gasteiger partial charge in [-0.2, -0.15) is 0 Å². The van der Waals surface area contributed by atoms with Gasteiger partial charge < -0.3 is 25.3 Å². The Bertz CT molecular complexity index is 368. The fraction of sp³-hybridized carbons (Fsp3) is 0.750. The molecule has 0 rings (SSSR count). The number of carboxylic acid groups (broad SMARTS) is 1. The van der Waals surface area contributed by atoms with Crippen molar-refractivity contribution in [2.75, 3.05) is 33.7 Å². The number of amides is 3. The van der Waals surface area contributed by atoms with E-state index in [4.69, 9.17) is 5.11 Å². The van der Waals surface area contributed by atoms with Crippen molar-refractivity contribution in [3.8, 4) is 0 Å². The Morgan fingerprint density at radius 3 is 2.20 bits per heavy atom. The largest absolute Gasteiger partial charge is 0.481 e. The van der Waals surface area contributed by atoms with Gasteiger partial charge in [0.05, 0.1) is 12.0 Å². The van der Waals surface area contributed by atoms with Gasteiger partial charge in [-0.25, -0.2) is 4.79 Å². The SMILES string of the molecule is CCN(CC(=O)N(C)C)C(=O)NCC(C)(O)CC(=O)O. The summed E-state index contributed by atoms with van der Waals surface area (Å²) in [4.78, 5) is 36.6. The number of carboxylic acids is 1. The summed E-state index contributed by atoms with van der Waals surface area (Å²) in [5.74, 6) is -1.38. The van der Waals surface area contributed by atoms with E-state index in [2.05, 4.69) is 5.32 Å². The average Bonchev–Trinajstić information content (AvgIpc) is 2.31. The highest BCUT2D eigenvalue weighted by Gasteiger charge is 2.26. The number of aliphatic hydroxyl groups is 1. The van der Waals surface area contributed by atoms with E-state index in [-0.39, 0.29) is 19.0 Å². The molecule has 8 nitrogen and oxygen atoms in total. The van der Waals surface area contributed by atoms with Crippen molar-refractivity contribution in [1.29, 1.82) is 0 Å². The number of hydrogen-bond donors (Lipinski definition) is 3. The standard InChI is InChI=1S/C12H23N3O5/c1-5-15(7-9(16)14(3)4)11(19)13-8-12(2,20)6-10(17)18/h20H,5-8H2,1-4H3,(H,13,19)(H,17,18). The van der Waals surface area contributed by atoms with Gasteiger partial charge in [-0.1, -0.05) is 0 Å². The molecule has 0 saturated carbocycles. The zero-order valence-electron chi connectivity index (χ0n) is 12.3. The van der Waals surface area contributed by atoms with E-state index in [0.29, 0.717) is 6.54 Å². The van der Waals surface area contributed by atoms with Crippen LogP contribution in [-0.4, -0.2) is 77.3 Å². The number of urea groups is 1. The summed E-state index contributed by atoms with van der Waals surface area (Å²) in [5, 5.41) is 20.8. The van der Waals surface area contributed by atoms with Crippen LogP contribution >= 0.6 is 0 Å². The van der Waals surface area contributed by atoms with E-state index < -0.39 is 24.0 Å². The van der Waals surface area contributed by atoms with Crippen molar-refractivity contribution in [2.24, 2.45) is 0 Å². The Kier molecular flexibility index (Phi) is 6.98. The molecule has 0 heterocycles. The quantitative estimate of drug-likeness (QED) is 0.576. The third-order valence-electron chi connectivity index (χ3n) is 2.65. The molecule has 116 valence electrons. The predicted molar refractivity (Wildman–Crippen MR) is 72.2 cm³/mol. The first-order valence-electron chi connectivity index (χ1n) is 6.26.